The van der Waals surface area contributed by atoms with Crippen LogP contribution in [0.25, 0.3) is 10.9 Å². The minimum atomic E-state index is 0.636. The van der Waals surface area contributed by atoms with Crippen molar-refractivity contribution in [3.05, 3.63) is 24.4 Å². The number of benzene rings is 1. The molecule has 0 fully saturated rings. The molecule has 2 nitrogen and oxygen atoms in total. The Balaban J connectivity index is 2.93. The largest absolute Gasteiger partial charge is 0.399 e. The molecule has 0 spiro atoms. The van der Waals surface area contributed by atoms with Crippen molar-refractivity contribution in [1.29, 1.82) is 0 Å². The molecule has 1 heterocycles. The van der Waals surface area contributed by atoms with Crippen LogP contribution in [-0.4, -0.2) is 12.8 Å². The molecule has 0 bridgehead atoms. The monoisotopic (exact) mass is 142 g/mol. The molecule has 1 aromatic carbocycles. The van der Waals surface area contributed by atoms with E-state index < -0.39 is 0 Å². The average molecular weight is 142 g/mol. The Morgan fingerprint density at radius 3 is 2.91 bits per heavy atom. The fourth-order valence-electron chi connectivity index (χ4n) is 1.17. The molecule has 0 saturated heterocycles. The molecule has 0 amide bonds. The number of nitrogens with one attached hydrogen (secondary N) is 1. The number of nitrogen functional groups attached to an aromatic ring is 1. The van der Waals surface area contributed by atoms with Gasteiger partial charge in [0.2, 0.25) is 0 Å². The minimum Gasteiger partial charge on any atom is -0.399 e. The summed E-state index contributed by atoms with van der Waals surface area (Å²) in [6.07, 6.45) is 1.85. The molecule has 0 aliphatic carbocycles. The zero-order valence-corrected chi connectivity index (χ0v) is 5.96. The van der Waals surface area contributed by atoms with E-state index in [4.69, 9.17) is 13.6 Å². The number of hydrogen-bond acceptors (Lipinski definition) is 1. The summed E-state index contributed by atoms with van der Waals surface area (Å²) in [4.78, 5) is 3.05. The second-order valence-corrected chi connectivity index (χ2v) is 2.51. The number of hydrogen-bond donors (Lipinski definition) is 2. The smallest absolute Gasteiger partial charge is 0.116 e. The first-order chi connectivity index (χ1) is 5.29. The van der Waals surface area contributed by atoms with Crippen molar-refractivity contribution in [2.24, 2.45) is 0 Å². The highest BCUT2D eigenvalue weighted by atomic mass is 14.7. The summed E-state index contributed by atoms with van der Waals surface area (Å²) in [6.45, 7) is 0. The van der Waals surface area contributed by atoms with Crippen molar-refractivity contribution in [2.75, 3.05) is 5.73 Å². The lowest BCUT2D eigenvalue weighted by Crippen LogP contribution is -2.08. The zero-order chi connectivity index (χ0) is 7.84. The fraction of sp³-hybridized carbons (Fsp3) is 0. The molecule has 0 unspecified atom stereocenters. The van der Waals surface area contributed by atoms with Gasteiger partial charge >= 0.3 is 0 Å². The predicted molar refractivity (Wildman–Crippen MR) is 48.1 cm³/mol. The second-order valence-electron chi connectivity index (χ2n) is 2.51. The van der Waals surface area contributed by atoms with Gasteiger partial charge in [-0.15, -0.1) is 0 Å². The maximum atomic E-state index is 5.72. The first-order valence-electron chi connectivity index (χ1n) is 3.40. The molecule has 0 aliphatic heterocycles. The van der Waals surface area contributed by atoms with Crippen LogP contribution < -0.4 is 11.2 Å². The molecule has 2 radical (unpaired) electrons. The molecular weight excluding hydrogens is 135 g/mol. The van der Waals surface area contributed by atoms with Crippen LogP contribution in [0.2, 0.25) is 0 Å². The van der Waals surface area contributed by atoms with E-state index in [0.29, 0.717) is 11.2 Å². The van der Waals surface area contributed by atoms with E-state index in [2.05, 4.69) is 4.98 Å². The zero-order valence-electron chi connectivity index (χ0n) is 5.96. The molecule has 52 valence electrons. The van der Waals surface area contributed by atoms with Gasteiger partial charge in [-0.2, -0.15) is 0 Å². The highest BCUT2D eigenvalue weighted by molar-refractivity contribution is 6.37. The summed E-state index contributed by atoms with van der Waals surface area (Å²) in [6, 6.07) is 5.64. The minimum absolute atomic E-state index is 0.636. The Morgan fingerprint density at radius 2 is 2.09 bits per heavy atom. The number of H-pyrrole nitrogens is 1. The number of nitrogens with two attached hydrogens (primary N) is 1. The van der Waals surface area contributed by atoms with Crippen molar-refractivity contribution < 1.29 is 0 Å². The fourth-order valence-corrected chi connectivity index (χ4v) is 1.17. The number of anilines is 1. The normalized spacial score (nSPS) is 10.5. The van der Waals surface area contributed by atoms with E-state index in [1.165, 1.54) is 0 Å². The third kappa shape index (κ3) is 0.809. The Kier molecular flexibility index (Phi) is 1.18. The standard InChI is InChI=1S/C8H7BN2/c9-6-1-2-7-5(8(6)10)3-4-11-7/h1-4,11H,10H2. The van der Waals surface area contributed by atoms with Gasteiger partial charge in [-0.1, -0.05) is 11.5 Å². The van der Waals surface area contributed by atoms with Crippen LogP contribution in [0.3, 0.4) is 0 Å². The quantitative estimate of drug-likeness (QED) is 0.409. The average Bonchev–Trinajstić information content (AvgIpc) is 2.45. The van der Waals surface area contributed by atoms with E-state index in [1.807, 2.05) is 18.3 Å². The Labute approximate surface area is 65.8 Å². The molecule has 3 heteroatoms. The molecule has 0 atom stereocenters. The van der Waals surface area contributed by atoms with Crippen LogP contribution in [0, 0.1) is 0 Å². The number of aromatic amines is 1. The second kappa shape index (κ2) is 2.05. The van der Waals surface area contributed by atoms with Gasteiger partial charge in [-0.05, 0) is 12.1 Å². The third-order valence-corrected chi connectivity index (χ3v) is 1.81. The van der Waals surface area contributed by atoms with E-state index >= 15 is 0 Å². The Hall–Kier alpha value is -1.38. The predicted octanol–water partition coefficient (Wildman–Crippen LogP) is 0.544. The summed E-state index contributed by atoms with van der Waals surface area (Å²) < 4.78 is 0. The van der Waals surface area contributed by atoms with Gasteiger partial charge in [0.1, 0.15) is 7.85 Å². The van der Waals surface area contributed by atoms with Gasteiger partial charge in [-0.3, -0.25) is 0 Å². The van der Waals surface area contributed by atoms with E-state index in [1.54, 1.807) is 6.07 Å². The van der Waals surface area contributed by atoms with Crippen molar-refractivity contribution in [1.82, 2.24) is 4.98 Å². The van der Waals surface area contributed by atoms with Gasteiger partial charge < -0.3 is 10.7 Å². The van der Waals surface area contributed by atoms with Crippen LogP contribution in [0.5, 0.6) is 0 Å². The van der Waals surface area contributed by atoms with E-state index in [0.717, 1.165) is 10.9 Å². The van der Waals surface area contributed by atoms with Gasteiger partial charge in [0.25, 0.3) is 0 Å². The summed E-state index contributed by atoms with van der Waals surface area (Å²) >= 11 is 0. The molecule has 1 aromatic heterocycles. The molecule has 3 N–H and O–H groups in total. The molecule has 0 saturated carbocycles. The van der Waals surface area contributed by atoms with E-state index in [-0.39, 0.29) is 0 Å². The van der Waals surface area contributed by atoms with Crippen molar-refractivity contribution in [3.8, 4) is 0 Å². The highest BCUT2D eigenvalue weighted by Crippen LogP contribution is 2.16. The van der Waals surface area contributed by atoms with Crippen molar-refractivity contribution in [3.63, 3.8) is 0 Å². The molecule has 2 aromatic rings. The summed E-state index contributed by atoms with van der Waals surface area (Å²) in [7, 11) is 5.61. The van der Waals surface area contributed by atoms with Crippen molar-refractivity contribution >= 4 is 29.9 Å². The molecular formula is C8H7BN2. The molecule has 0 aliphatic rings. The summed E-state index contributed by atoms with van der Waals surface area (Å²) in [5.41, 5.74) is 8.03. The number of fused-ring (bicyclic) bond motifs is 1. The van der Waals surface area contributed by atoms with Crippen LogP contribution in [-0.2, 0) is 0 Å². The molecule has 11 heavy (non-hydrogen) atoms. The van der Waals surface area contributed by atoms with Gasteiger partial charge in [-0.25, -0.2) is 0 Å². The van der Waals surface area contributed by atoms with Gasteiger partial charge in [0.15, 0.2) is 0 Å². The summed E-state index contributed by atoms with van der Waals surface area (Å²) in [5.74, 6) is 0. The van der Waals surface area contributed by atoms with Gasteiger partial charge in [0.05, 0.1) is 0 Å². The topological polar surface area (TPSA) is 41.8 Å². The first-order valence-corrected chi connectivity index (χ1v) is 3.40. The van der Waals surface area contributed by atoms with Crippen LogP contribution in [0.1, 0.15) is 0 Å². The summed E-state index contributed by atoms with van der Waals surface area (Å²) in [5, 5.41) is 0.991. The Morgan fingerprint density at radius 1 is 1.27 bits per heavy atom. The van der Waals surface area contributed by atoms with E-state index in [9.17, 15) is 0 Å². The van der Waals surface area contributed by atoms with Crippen molar-refractivity contribution in [2.45, 2.75) is 0 Å². The Bertz CT molecular complexity index is 392. The number of aromatic nitrogens is 1. The lowest BCUT2D eigenvalue weighted by Gasteiger charge is -2.00. The first kappa shape index (κ1) is 6.34. The van der Waals surface area contributed by atoms with Gasteiger partial charge in [0, 0.05) is 22.8 Å². The maximum Gasteiger partial charge on any atom is 0.116 e. The lowest BCUT2D eigenvalue weighted by molar-refractivity contribution is 1.48. The van der Waals surface area contributed by atoms with Crippen LogP contribution in [0.15, 0.2) is 24.4 Å². The van der Waals surface area contributed by atoms with Crippen LogP contribution >= 0.6 is 0 Å². The maximum absolute atomic E-state index is 5.72. The molecule has 2 rings (SSSR count). The third-order valence-electron chi connectivity index (χ3n) is 1.81. The number of rotatable bonds is 0. The van der Waals surface area contributed by atoms with Crippen LogP contribution in [0.4, 0.5) is 5.69 Å². The SMILES string of the molecule is [B]c1ccc2[nH]ccc2c1N. The lowest BCUT2D eigenvalue weighted by atomic mass is 9.93. The highest BCUT2D eigenvalue weighted by Gasteiger charge is 1.99.